The van der Waals surface area contributed by atoms with Crippen LogP contribution in [0.15, 0.2) is 42.7 Å². The van der Waals surface area contributed by atoms with Crippen molar-refractivity contribution in [1.82, 2.24) is 14.8 Å². The van der Waals surface area contributed by atoms with Crippen LogP contribution in [0.25, 0.3) is 0 Å². The predicted octanol–water partition coefficient (Wildman–Crippen LogP) is 2.49. The molecule has 8 heteroatoms. The predicted molar refractivity (Wildman–Crippen MR) is 103 cm³/mol. The first-order valence-corrected chi connectivity index (χ1v) is 9.66. The zero-order chi connectivity index (χ0) is 20.5. The molecule has 2 heterocycles. The summed E-state index contributed by atoms with van der Waals surface area (Å²) in [6, 6.07) is 6.71. The van der Waals surface area contributed by atoms with Crippen molar-refractivity contribution in [1.29, 1.82) is 0 Å². The second-order valence-electron chi connectivity index (χ2n) is 6.84. The third-order valence-corrected chi connectivity index (χ3v) is 4.73. The summed E-state index contributed by atoms with van der Waals surface area (Å²) in [4.78, 5) is 20.7. The molecule has 1 aromatic heterocycles. The summed E-state index contributed by atoms with van der Waals surface area (Å²) in [6.45, 7) is 4.78. The van der Waals surface area contributed by atoms with Crippen molar-refractivity contribution >= 4 is 5.91 Å². The van der Waals surface area contributed by atoms with E-state index in [4.69, 9.17) is 9.47 Å². The first-order valence-electron chi connectivity index (χ1n) is 9.66. The van der Waals surface area contributed by atoms with Gasteiger partial charge in [0.2, 0.25) is 0 Å². The van der Waals surface area contributed by atoms with E-state index < -0.39 is 11.6 Å². The van der Waals surface area contributed by atoms with E-state index in [0.29, 0.717) is 13.1 Å². The molecule has 1 aromatic carbocycles. The molecule has 156 valence electrons. The van der Waals surface area contributed by atoms with Gasteiger partial charge in [-0.15, -0.1) is 0 Å². The van der Waals surface area contributed by atoms with Gasteiger partial charge in [0.25, 0.3) is 5.91 Å². The van der Waals surface area contributed by atoms with Crippen molar-refractivity contribution in [3.63, 3.8) is 0 Å². The zero-order valence-electron chi connectivity index (χ0n) is 16.2. The fraction of sp³-hybridized carbons (Fsp3) is 0.429. The van der Waals surface area contributed by atoms with Crippen molar-refractivity contribution in [2.75, 3.05) is 46.0 Å². The van der Waals surface area contributed by atoms with Crippen LogP contribution < -0.4 is 4.74 Å². The average molecular weight is 405 g/mol. The van der Waals surface area contributed by atoms with Crippen LogP contribution in [0.1, 0.15) is 12.0 Å². The lowest BCUT2D eigenvalue weighted by atomic mass is 10.2. The lowest BCUT2D eigenvalue weighted by Gasteiger charge is -2.28. The first kappa shape index (κ1) is 21.1. The topological polar surface area (TPSA) is 54.9 Å². The number of hydrogen-bond donors (Lipinski definition) is 0. The summed E-state index contributed by atoms with van der Waals surface area (Å²) in [5.41, 5.74) is 0.952. The fourth-order valence-corrected chi connectivity index (χ4v) is 3.13. The van der Waals surface area contributed by atoms with Crippen LogP contribution in [0.5, 0.6) is 5.75 Å². The Bertz CT molecular complexity index is 786. The Labute approximate surface area is 169 Å². The summed E-state index contributed by atoms with van der Waals surface area (Å²) in [7, 11) is 0. The standard InChI is InChI=1S/C21H25F2N3O3/c22-18-2-3-20(19(23)14-18)29-16-21(27)26(15-17-4-6-24-7-5-17)9-1-8-25-10-12-28-13-11-25/h2-7,14H,1,8-13,15-16H2. The summed E-state index contributed by atoms with van der Waals surface area (Å²) in [6.07, 6.45) is 4.16. The van der Waals surface area contributed by atoms with E-state index in [1.165, 1.54) is 6.07 Å². The Kier molecular flexibility index (Phi) is 7.89. The first-order chi connectivity index (χ1) is 14.1. The molecule has 0 saturated carbocycles. The molecule has 1 saturated heterocycles. The highest BCUT2D eigenvalue weighted by Crippen LogP contribution is 2.18. The Balaban J connectivity index is 1.57. The van der Waals surface area contributed by atoms with Crippen LogP contribution in [0.3, 0.4) is 0 Å². The SMILES string of the molecule is O=C(COc1ccc(F)cc1F)N(CCCN1CCOCC1)Cc1ccncc1. The van der Waals surface area contributed by atoms with Crippen molar-refractivity contribution in [2.24, 2.45) is 0 Å². The fourth-order valence-electron chi connectivity index (χ4n) is 3.13. The van der Waals surface area contributed by atoms with Crippen molar-refractivity contribution in [3.8, 4) is 5.75 Å². The average Bonchev–Trinajstić information content (AvgIpc) is 2.74. The third kappa shape index (κ3) is 6.76. The quantitative estimate of drug-likeness (QED) is 0.642. The molecule has 0 bridgehead atoms. The molecule has 0 spiro atoms. The second-order valence-corrected chi connectivity index (χ2v) is 6.84. The van der Waals surface area contributed by atoms with E-state index in [1.807, 2.05) is 12.1 Å². The molecule has 1 aliphatic heterocycles. The molecule has 1 aliphatic rings. The molecule has 0 N–H and O–H groups in total. The van der Waals surface area contributed by atoms with E-state index in [2.05, 4.69) is 9.88 Å². The number of nitrogens with zero attached hydrogens (tertiary/aromatic N) is 3. The van der Waals surface area contributed by atoms with Crippen molar-refractivity contribution < 1.29 is 23.0 Å². The summed E-state index contributed by atoms with van der Waals surface area (Å²) in [5.74, 6) is -1.92. The van der Waals surface area contributed by atoms with Gasteiger partial charge in [-0.1, -0.05) is 0 Å². The molecule has 3 rings (SSSR count). The lowest BCUT2D eigenvalue weighted by Crippen LogP contribution is -2.40. The van der Waals surface area contributed by atoms with Crippen LogP contribution in [-0.2, 0) is 16.1 Å². The molecular formula is C21H25F2N3O3. The van der Waals surface area contributed by atoms with Gasteiger partial charge in [0.15, 0.2) is 18.2 Å². The summed E-state index contributed by atoms with van der Waals surface area (Å²) >= 11 is 0. The van der Waals surface area contributed by atoms with Gasteiger partial charge >= 0.3 is 0 Å². The molecular weight excluding hydrogens is 380 g/mol. The minimum absolute atomic E-state index is 0.142. The van der Waals surface area contributed by atoms with Crippen LogP contribution in [0, 0.1) is 11.6 Å². The number of aromatic nitrogens is 1. The van der Waals surface area contributed by atoms with Gasteiger partial charge in [-0.25, -0.2) is 8.78 Å². The Hall–Kier alpha value is -2.58. The molecule has 1 fully saturated rings. The Morgan fingerprint density at radius 1 is 1.17 bits per heavy atom. The summed E-state index contributed by atoms with van der Waals surface area (Å²) < 4.78 is 37.4. The third-order valence-electron chi connectivity index (χ3n) is 4.73. The minimum Gasteiger partial charge on any atom is -0.481 e. The van der Waals surface area contributed by atoms with Crippen LogP contribution >= 0.6 is 0 Å². The molecule has 0 aliphatic carbocycles. The van der Waals surface area contributed by atoms with Gasteiger partial charge in [0, 0.05) is 51.2 Å². The van der Waals surface area contributed by atoms with Gasteiger partial charge < -0.3 is 14.4 Å². The largest absolute Gasteiger partial charge is 0.481 e. The van der Waals surface area contributed by atoms with Gasteiger partial charge in [0.05, 0.1) is 13.2 Å². The number of carbonyl (C=O) groups is 1. The van der Waals surface area contributed by atoms with Gasteiger partial charge in [-0.2, -0.15) is 0 Å². The van der Waals surface area contributed by atoms with E-state index in [0.717, 1.165) is 57.0 Å². The number of pyridine rings is 1. The number of halogens is 2. The lowest BCUT2D eigenvalue weighted by molar-refractivity contribution is -0.134. The Morgan fingerprint density at radius 3 is 2.66 bits per heavy atom. The van der Waals surface area contributed by atoms with E-state index >= 15 is 0 Å². The number of morpholine rings is 1. The number of hydrogen-bond acceptors (Lipinski definition) is 5. The minimum atomic E-state index is -0.828. The highest BCUT2D eigenvalue weighted by Gasteiger charge is 2.17. The number of amides is 1. The molecule has 0 unspecified atom stereocenters. The molecule has 6 nitrogen and oxygen atoms in total. The molecule has 29 heavy (non-hydrogen) atoms. The maximum Gasteiger partial charge on any atom is 0.260 e. The molecule has 2 aromatic rings. The smallest absolute Gasteiger partial charge is 0.260 e. The summed E-state index contributed by atoms with van der Waals surface area (Å²) in [5, 5.41) is 0. The van der Waals surface area contributed by atoms with E-state index in [-0.39, 0.29) is 18.3 Å². The molecule has 0 radical (unpaired) electrons. The van der Waals surface area contributed by atoms with Crippen LogP contribution in [0.4, 0.5) is 8.78 Å². The maximum absolute atomic E-state index is 13.7. The maximum atomic E-state index is 13.7. The van der Waals surface area contributed by atoms with Gasteiger partial charge in [-0.3, -0.25) is 14.7 Å². The number of rotatable bonds is 9. The molecule has 0 atom stereocenters. The van der Waals surface area contributed by atoms with Gasteiger partial charge in [0.1, 0.15) is 5.82 Å². The van der Waals surface area contributed by atoms with Crippen LogP contribution in [-0.4, -0.2) is 66.7 Å². The monoisotopic (exact) mass is 405 g/mol. The normalized spacial score (nSPS) is 14.6. The van der Waals surface area contributed by atoms with Crippen LogP contribution in [0.2, 0.25) is 0 Å². The number of ether oxygens (including phenoxy) is 2. The highest BCUT2D eigenvalue weighted by molar-refractivity contribution is 5.77. The van der Waals surface area contributed by atoms with Gasteiger partial charge in [-0.05, 0) is 36.2 Å². The van der Waals surface area contributed by atoms with E-state index in [1.54, 1.807) is 17.3 Å². The van der Waals surface area contributed by atoms with Crippen molar-refractivity contribution in [3.05, 3.63) is 59.9 Å². The zero-order valence-corrected chi connectivity index (χ0v) is 16.2. The van der Waals surface area contributed by atoms with Crippen molar-refractivity contribution in [2.45, 2.75) is 13.0 Å². The number of carbonyl (C=O) groups excluding carboxylic acids is 1. The number of benzene rings is 1. The molecule has 1 amide bonds. The Morgan fingerprint density at radius 2 is 1.93 bits per heavy atom. The van der Waals surface area contributed by atoms with E-state index in [9.17, 15) is 13.6 Å². The highest BCUT2D eigenvalue weighted by atomic mass is 19.1. The second kappa shape index (κ2) is 10.8.